The molecular weight excluding hydrogens is 744 g/mol. The summed E-state index contributed by atoms with van der Waals surface area (Å²) in [6.07, 6.45) is -4.57. The van der Waals surface area contributed by atoms with E-state index in [-0.39, 0.29) is 0 Å². The molecule has 0 aliphatic heterocycles. The highest BCUT2D eigenvalue weighted by atomic mass is 19.4. The van der Waals surface area contributed by atoms with Crippen molar-refractivity contribution in [3.63, 3.8) is 0 Å². The molecule has 59 heavy (non-hydrogen) atoms. The summed E-state index contributed by atoms with van der Waals surface area (Å²) in [5.41, 5.74) is 7.96. The number of aryl methyl sites for hydroxylation is 1. The van der Waals surface area contributed by atoms with Crippen LogP contribution in [0.5, 0.6) is 0 Å². The van der Waals surface area contributed by atoms with Crippen LogP contribution in [0.25, 0.3) is 91.8 Å². The molecule has 7 nitrogen and oxygen atoms in total. The van der Waals surface area contributed by atoms with Crippen LogP contribution in [0.15, 0.2) is 127 Å². The minimum atomic E-state index is -4.57. The number of benzene rings is 7. The molecule has 9 rings (SSSR count). The number of fused-ring (bicyclic) bond motifs is 6. The largest absolute Gasteiger partial charge is 0.416 e. The lowest BCUT2D eigenvalue weighted by atomic mass is 9.94. The number of nitriles is 2. The van der Waals surface area contributed by atoms with Crippen molar-refractivity contribution in [1.82, 2.24) is 9.13 Å². The van der Waals surface area contributed by atoms with Crippen molar-refractivity contribution in [1.29, 1.82) is 10.5 Å². The third-order valence-electron chi connectivity index (χ3n) is 10.6. The molecule has 0 aliphatic carbocycles. The summed E-state index contributed by atoms with van der Waals surface area (Å²) in [6, 6.07) is 40.5. The maximum absolute atomic E-state index is 14.2. The second kappa shape index (κ2) is 13.5. The molecule has 10 heteroatoms. The molecule has 0 fully saturated rings. The van der Waals surface area contributed by atoms with Crippen LogP contribution in [0.3, 0.4) is 0 Å². The standard InChI is InChI=1S/C49H24F3N7/c1-28-17-32(21-33(18-28)49(50,51)52)31-7-11-37(48(22-31)59-46-15-9-35(56-3)24-41(46)42-25-36(57-4)10-16-47(42)59)40-23-34(55-2)8-14-45(40)58-43-12-5-29(26-53)19-38(43)39-20-30(27-54)6-13-44(39)58/h5-25H,1H3. The normalized spacial score (nSPS) is 11.3. The van der Waals surface area contributed by atoms with E-state index in [1.165, 1.54) is 0 Å². The third kappa shape index (κ3) is 5.87. The van der Waals surface area contributed by atoms with Crippen molar-refractivity contribution in [3.05, 3.63) is 184 Å². The molecule has 0 N–H and O–H groups in total. The summed E-state index contributed by atoms with van der Waals surface area (Å²) in [4.78, 5) is 11.1. The predicted molar refractivity (Wildman–Crippen MR) is 224 cm³/mol. The SMILES string of the molecule is [C-]#[N+]c1ccc(-n2c3ccc(C#N)cc3c3cc(C#N)ccc32)c(-c2ccc(-c3cc(C)cc(C(F)(F)F)c3)cc2-n2c3ccc([N+]#[C-])cc3c3cc([N+]#[C-])ccc32)c1. The van der Waals surface area contributed by atoms with E-state index < -0.39 is 11.7 Å². The van der Waals surface area contributed by atoms with Gasteiger partial charge in [0, 0.05) is 16.3 Å². The maximum Gasteiger partial charge on any atom is 0.416 e. The molecule has 0 bridgehead atoms. The van der Waals surface area contributed by atoms with Gasteiger partial charge in [-0.2, -0.15) is 23.7 Å². The Balaban J connectivity index is 1.43. The smallest absolute Gasteiger partial charge is 0.309 e. The quantitative estimate of drug-likeness (QED) is 0.167. The lowest BCUT2D eigenvalue weighted by molar-refractivity contribution is -0.137. The van der Waals surface area contributed by atoms with E-state index in [1.54, 1.807) is 79.7 Å². The van der Waals surface area contributed by atoms with E-state index in [9.17, 15) is 23.7 Å². The van der Waals surface area contributed by atoms with Crippen molar-refractivity contribution in [2.24, 2.45) is 0 Å². The average Bonchev–Trinajstić information content (AvgIpc) is 3.76. The van der Waals surface area contributed by atoms with Crippen LogP contribution in [0.1, 0.15) is 22.3 Å². The summed E-state index contributed by atoms with van der Waals surface area (Å²) in [5, 5.41) is 22.6. The molecule has 2 heterocycles. The fourth-order valence-corrected chi connectivity index (χ4v) is 8.06. The number of rotatable bonds is 4. The number of hydrogen-bond donors (Lipinski definition) is 0. The van der Waals surface area contributed by atoms with Gasteiger partial charge in [-0.15, -0.1) is 0 Å². The minimum absolute atomic E-state index is 0.345. The Hall–Kier alpha value is -8.62. The second-order valence-corrected chi connectivity index (χ2v) is 14.1. The van der Waals surface area contributed by atoms with Gasteiger partial charge in [0.05, 0.1) is 82.0 Å². The van der Waals surface area contributed by atoms with E-state index in [0.717, 1.165) is 33.9 Å². The first-order chi connectivity index (χ1) is 28.5. The van der Waals surface area contributed by atoms with Crippen LogP contribution in [0, 0.1) is 49.3 Å². The van der Waals surface area contributed by atoms with Crippen molar-refractivity contribution in [2.45, 2.75) is 13.1 Å². The Morgan fingerprint density at radius 2 is 0.983 bits per heavy atom. The number of aromatic nitrogens is 2. The Morgan fingerprint density at radius 1 is 0.492 bits per heavy atom. The zero-order valence-corrected chi connectivity index (χ0v) is 30.9. The van der Waals surface area contributed by atoms with Gasteiger partial charge in [-0.3, -0.25) is 0 Å². The molecule has 7 aromatic carbocycles. The van der Waals surface area contributed by atoms with Gasteiger partial charge in [-0.1, -0.05) is 36.4 Å². The first kappa shape index (κ1) is 36.0. The molecule has 0 unspecified atom stereocenters. The molecule has 0 amide bonds. The number of halogens is 3. The van der Waals surface area contributed by atoms with Gasteiger partial charge in [-0.25, -0.2) is 14.5 Å². The first-order valence-corrected chi connectivity index (χ1v) is 18.1. The molecule has 2 aromatic heterocycles. The fourth-order valence-electron chi connectivity index (χ4n) is 8.06. The second-order valence-electron chi connectivity index (χ2n) is 14.1. The summed E-state index contributed by atoms with van der Waals surface area (Å²) in [7, 11) is 0. The van der Waals surface area contributed by atoms with Crippen LogP contribution in [-0.2, 0) is 6.18 Å². The van der Waals surface area contributed by atoms with Crippen LogP contribution in [0.2, 0.25) is 0 Å². The zero-order valence-electron chi connectivity index (χ0n) is 30.9. The van der Waals surface area contributed by atoms with Crippen LogP contribution < -0.4 is 0 Å². The van der Waals surface area contributed by atoms with Gasteiger partial charge >= 0.3 is 6.18 Å². The van der Waals surface area contributed by atoms with Crippen molar-refractivity contribution in [3.8, 4) is 45.8 Å². The molecule has 0 radical (unpaired) electrons. The number of nitrogens with zero attached hydrogens (tertiary/aromatic N) is 7. The molecule has 9 aromatic rings. The average molecular weight is 768 g/mol. The van der Waals surface area contributed by atoms with Gasteiger partial charge in [0.1, 0.15) is 0 Å². The van der Waals surface area contributed by atoms with E-state index in [4.69, 9.17) is 19.7 Å². The first-order valence-electron chi connectivity index (χ1n) is 18.1. The summed E-state index contributed by atoms with van der Waals surface area (Å²) >= 11 is 0. The van der Waals surface area contributed by atoms with Crippen LogP contribution in [0.4, 0.5) is 30.2 Å². The summed E-state index contributed by atoms with van der Waals surface area (Å²) < 4.78 is 46.5. The highest BCUT2D eigenvalue weighted by Gasteiger charge is 2.31. The van der Waals surface area contributed by atoms with Gasteiger partial charge in [0.2, 0.25) is 0 Å². The molecular formula is C49H24F3N7. The summed E-state index contributed by atoms with van der Waals surface area (Å²) in [5.74, 6) is 0. The molecule has 0 spiro atoms. The minimum Gasteiger partial charge on any atom is -0.309 e. The van der Waals surface area contributed by atoms with Crippen molar-refractivity contribution in [2.75, 3.05) is 0 Å². The monoisotopic (exact) mass is 767 g/mol. The van der Waals surface area contributed by atoms with Crippen LogP contribution >= 0.6 is 0 Å². The Kier molecular flexibility index (Phi) is 8.27. The van der Waals surface area contributed by atoms with Gasteiger partial charge < -0.3 is 9.13 Å². The molecule has 0 aliphatic rings. The predicted octanol–water partition coefficient (Wildman–Crippen LogP) is 13.9. The van der Waals surface area contributed by atoms with E-state index in [2.05, 4.69) is 26.7 Å². The van der Waals surface area contributed by atoms with Gasteiger partial charge in [-0.05, 0) is 131 Å². The topological polar surface area (TPSA) is 70.5 Å². The fraction of sp³-hybridized carbons (Fsp3) is 0.0408. The lowest BCUT2D eigenvalue weighted by Crippen LogP contribution is -2.05. The Labute approximate surface area is 335 Å². The highest BCUT2D eigenvalue weighted by molar-refractivity contribution is 6.13. The number of alkyl halides is 3. The van der Waals surface area contributed by atoms with Crippen molar-refractivity contribution >= 4 is 60.7 Å². The lowest BCUT2D eigenvalue weighted by Gasteiger charge is -2.20. The van der Waals surface area contributed by atoms with Crippen LogP contribution in [-0.4, -0.2) is 9.13 Å². The summed E-state index contributed by atoms with van der Waals surface area (Å²) in [6.45, 7) is 25.1. The zero-order chi connectivity index (χ0) is 41.2. The third-order valence-corrected chi connectivity index (χ3v) is 10.6. The highest BCUT2D eigenvalue weighted by Crippen LogP contribution is 2.45. The van der Waals surface area contributed by atoms with Gasteiger partial charge in [0.25, 0.3) is 0 Å². The molecule has 0 saturated carbocycles. The van der Waals surface area contributed by atoms with E-state index >= 15 is 0 Å². The van der Waals surface area contributed by atoms with E-state index in [1.807, 2.05) is 51.6 Å². The van der Waals surface area contributed by atoms with Crippen molar-refractivity contribution < 1.29 is 13.2 Å². The Morgan fingerprint density at radius 3 is 1.51 bits per heavy atom. The molecule has 0 saturated heterocycles. The molecule has 276 valence electrons. The molecule has 0 atom stereocenters. The van der Waals surface area contributed by atoms with E-state index in [0.29, 0.717) is 89.2 Å². The van der Waals surface area contributed by atoms with Gasteiger partial charge in [0.15, 0.2) is 17.1 Å². The number of hydrogen-bond acceptors (Lipinski definition) is 2. The maximum atomic E-state index is 14.2. The Bertz CT molecular complexity index is 3370.